The van der Waals surface area contributed by atoms with Gasteiger partial charge in [-0.05, 0) is 36.4 Å². The van der Waals surface area contributed by atoms with Gasteiger partial charge in [0.15, 0.2) is 0 Å². The molecule has 3 N–H and O–H groups in total. The monoisotopic (exact) mass is 312 g/mol. The van der Waals surface area contributed by atoms with Gasteiger partial charge in [0.25, 0.3) is 0 Å². The van der Waals surface area contributed by atoms with Crippen molar-refractivity contribution in [3.8, 4) is 0 Å². The summed E-state index contributed by atoms with van der Waals surface area (Å²) in [5.74, 6) is 7.20. The van der Waals surface area contributed by atoms with Crippen LogP contribution in [0.4, 0.5) is 0 Å². The summed E-state index contributed by atoms with van der Waals surface area (Å²) >= 11 is 5.15. The molecule has 0 radical (unpaired) electrons. The molecule has 0 aliphatic rings. The van der Waals surface area contributed by atoms with E-state index in [1.807, 2.05) is 24.3 Å². The van der Waals surface area contributed by atoms with Gasteiger partial charge in [-0.1, -0.05) is 15.9 Å². The van der Waals surface area contributed by atoms with Crippen molar-refractivity contribution in [2.45, 2.75) is 10.9 Å². The number of halogens is 1. The minimum Gasteiger partial charge on any atom is -0.468 e. The number of nitrogens with one attached hydrogen (secondary N) is 1. The van der Waals surface area contributed by atoms with E-state index in [1.54, 1.807) is 18.0 Å². The number of furan rings is 1. The first-order valence-corrected chi connectivity index (χ1v) is 6.95. The Hall–Kier alpha value is -0.750. The molecule has 5 heteroatoms. The number of hydrogen-bond donors (Lipinski definition) is 2. The summed E-state index contributed by atoms with van der Waals surface area (Å²) in [6.07, 6.45) is 1.66. The van der Waals surface area contributed by atoms with Crippen molar-refractivity contribution in [3.05, 3.63) is 52.9 Å². The molecular formula is C12H13BrN2OS. The van der Waals surface area contributed by atoms with Crippen LogP contribution < -0.4 is 11.3 Å². The zero-order valence-electron chi connectivity index (χ0n) is 9.10. The lowest BCUT2D eigenvalue weighted by Crippen LogP contribution is -2.29. The minimum absolute atomic E-state index is 0.0265. The van der Waals surface area contributed by atoms with Gasteiger partial charge in [0.1, 0.15) is 5.76 Å². The van der Waals surface area contributed by atoms with Crippen LogP contribution in [-0.4, -0.2) is 5.75 Å². The molecule has 3 nitrogen and oxygen atoms in total. The van der Waals surface area contributed by atoms with Crippen molar-refractivity contribution in [2.24, 2.45) is 5.84 Å². The number of nitrogens with two attached hydrogens (primary N) is 1. The molecule has 2 aromatic rings. The van der Waals surface area contributed by atoms with Gasteiger partial charge in [0, 0.05) is 15.1 Å². The van der Waals surface area contributed by atoms with Gasteiger partial charge in [-0.15, -0.1) is 11.8 Å². The second kappa shape index (κ2) is 6.26. The second-order valence-corrected chi connectivity index (χ2v) is 5.51. The van der Waals surface area contributed by atoms with Crippen LogP contribution in [0.5, 0.6) is 0 Å². The fourth-order valence-corrected chi connectivity index (χ4v) is 2.62. The van der Waals surface area contributed by atoms with Crippen LogP contribution in [0.2, 0.25) is 0 Å². The molecule has 0 saturated heterocycles. The Balaban J connectivity index is 1.94. The Morgan fingerprint density at radius 3 is 2.65 bits per heavy atom. The quantitative estimate of drug-likeness (QED) is 0.505. The van der Waals surface area contributed by atoms with Gasteiger partial charge in [0.05, 0.1) is 12.3 Å². The van der Waals surface area contributed by atoms with Crippen LogP contribution in [0.3, 0.4) is 0 Å². The molecule has 17 heavy (non-hydrogen) atoms. The van der Waals surface area contributed by atoms with Gasteiger partial charge in [-0.25, -0.2) is 5.43 Å². The zero-order valence-corrected chi connectivity index (χ0v) is 11.5. The highest BCUT2D eigenvalue weighted by molar-refractivity contribution is 9.10. The first-order valence-electron chi connectivity index (χ1n) is 5.17. The smallest absolute Gasteiger partial charge is 0.122 e. The number of hydrazine groups is 1. The highest BCUT2D eigenvalue weighted by Crippen LogP contribution is 2.25. The Morgan fingerprint density at radius 1 is 1.29 bits per heavy atom. The molecule has 0 saturated carbocycles. The maximum atomic E-state index is 5.52. The Kier molecular flexibility index (Phi) is 4.67. The van der Waals surface area contributed by atoms with Crippen LogP contribution in [0, 0.1) is 0 Å². The van der Waals surface area contributed by atoms with Crippen LogP contribution in [0.25, 0.3) is 0 Å². The van der Waals surface area contributed by atoms with Crippen LogP contribution in [0.15, 0.2) is 56.4 Å². The molecular weight excluding hydrogens is 300 g/mol. The number of rotatable bonds is 5. The van der Waals surface area contributed by atoms with Crippen LogP contribution in [0.1, 0.15) is 11.8 Å². The molecule has 0 fully saturated rings. The summed E-state index contributed by atoms with van der Waals surface area (Å²) in [7, 11) is 0. The Morgan fingerprint density at radius 2 is 2.06 bits per heavy atom. The van der Waals surface area contributed by atoms with Crippen molar-refractivity contribution in [1.82, 2.24) is 5.43 Å². The predicted molar refractivity (Wildman–Crippen MR) is 73.6 cm³/mol. The Bertz CT molecular complexity index is 444. The molecule has 0 spiro atoms. The molecule has 0 aliphatic heterocycles. The van der Waals surface area contributed by atoms with E-state index in [4.69, 9.17) is 10.3 Å². The molecule has 1 heterocycles. The first kappa shape index (κ1) is 12.7. The number of benzene rings is 1. The largest absolute Gasteiger partial charge is 0.468 e. The first-order chi connectivity index (χ1) is 8.29. The highest BCUT2D eigenvalue weighted by Gasteiger charge is 2.12. The summed E-state index contributed by atoms with van der Waals surface area (Å²) < 4.78 is 6.42. The molecule has 2 rings (SSSR count). The zero-order chi connectivity index (χ0) is 12.1. The average molecular weight is 313 g/mol. The maximum absolute atomic E-state index is 5.52. The molecule has 0 aliphatic carbocycles. The van der Waals surface area contributed by atoms with E-state index in [2.05, 4.69) is 33.5 Å². The minimum atomic E-state index is 0.0265. The van der Waals surface area contributed by atoms with Crippen molar-refractivity contribution in [3.63, 3.8) is 0 Å². The SMILES string of the molecule is NNC(CSc1ccc(Br)cc1)c1ccco1. The molecule has 90 valence electrons. The van der Waals surface area contributed by atoms with Crippen LogP contribution >= 0.6 is 27.7 Å². The predicted octanol–water partition coefficient (Wildman–Crippen LogP) is 3.34. The van der Waals surface area contributed by atoms with Crippen molar-refractivity contribution < 1.29 is 4.42 Å². The van der Waals surface area contributed by atoms with Crippen LogP contribution in [-0.2, 0) is 0 Å². The average Bonchev–Trinajstić information content (AvgIpc) is 2.86. The van der Waals surface area contributed by atoms with Gasteiger partial charge in [-0.3, -0.25) is 5.84 Å². The fourth-order valence-electron chi connectivity index (χ4n) is 1.41. The van der Waals surface area contributed by atoms with Gasteiger partial charge >= 0.3 is 0 Å². The molecule has 0 amide bonds. The van der Waals surface area contributed by atoms with Gasteiger partial charge in [0.2, 0.25) is 0 Å². The van der Waals surface area contributed by atoms with Crippen molar-refractivity contribution >= 4 is 27.7 Å². The highest BCUT2D eigenvalue weighted by atomic mass is 79.9. The molecule has 0 bridgehead atoms. The third kappa shape index (κ3) is 3.61. The number of thioether (sulfide) groups is 1. The van der Waals surface area contributed by atoms with E-state index in [0.29, 0.717) is 0 Å². The second-order valence-electron chi connectivity index (χ2n) is 3.50. The van der Waals surface area contributed by atoms with Crippen molar-refractivity contribution in [2.75, 3.05) is 5.75 Å². The molecule has 1 aromatic carbocycles. The Labute approximate surface area is 113 Å². The molecule has 1 aromatic heterocycles. The van der Waals surface area contributed by atoms with E-state index in [9.17, 15) is 0 Å². The van der Waals surface area contributed by atoms with E-state index < -0.39 is 0 Å². The summed E-state index contributed by atoms with van der Waals surface area (Å²) in [5, 5.41) is 0. The summed E-state index contributed by atoms with van der Waals surface area (Å²) in [4.78, 5) is 1.21. The fraction of sp³-hybridized carbons (Fsp3) is 0.167. The third-order valence-corrected chi connectivity index (χ3v) is 3.95. The molecule has 1 atom stereocenters. The van der Waals surface area contributed by atoms with E-state index >= 15 is 0 Å². The lowest BCUT2D eigenvalue weighted by Gasteiger charge is -2.12. The van der Waals surface area contributed by atoms with E-state index in [0.717, 1.165) is 16.0 Å². The topological polar surface area (TPSA) is 51.2 Å². The normalized spacial score (nSPS) is 12.6. The third-order valence-electron chi connectivity index (χ3n) is 2.32. The van der Waals surface area contributed by atoms with E-state index in [1.165, 1.54) is 4.90 Å². The lowest BCUT2D eigenvalue weighted by molar-refractivity contribution is 0.440. The van der Waals surface area contributed by atoms with Gasteiger partial charge in [-0.2, -0.15) is 0 Å². The number of hydrogen-bond acceptors (Lipinski definition) is 4. The van der Waals surface area contributed by atoms with Gasteiger partial charge < -0.3 is 4.42 Å². The lowest BCUT2D eigenvalue weighted by atomic mass is 10.3. The summed E-state index contributed by atoms with van der Waals surface area (Å²) in [6.45, 7) is 0. The molecule has 1 unspecified atom stereocenters. The maximum Gasteiger partial charge on any atom is 0.122 e. The van der Waals surface area contributed by atoms with E-state index in [-0.39, 0.29) is 6.04 Å². The summed E-state index contributed by atoms with van der Waals surface area (Å²) in [6, 6.07) is 12.0. The summed E-state index contributed by atoms with van der Waals surface area (Å²) in [5.41, 5.74) is 2.76. The van der Waals surface area contributed by atoms with Crippen molar-refractivity contribution in [1.29, 1.82) is 0 Å². The standard InChI is InChI=1S/C12H13BrN2OS/c13-9-3-5-10(6-4-9)17-8-11(15-14)12-2-1-7-16-12/h1-7,11,15H,8,14H2.